The minimum Gasteiger partial charge on any atom is -0.303 e. The van der Waals surface area contributed by atoms with Gasteiger partial charge >= 0.3 is 0 Å². The second kappa shape index (κ2) is 5.00. The van der Waals surface area contributed by atoms with Crippen LogP contribution < -0.4 is 0 Å². The van der Waals surface area contributed by atoms with Gasteiger partial charge in [-0.15, -0.1) is 0 Å². The number of hydrazone groups is 1. The lowest BCUT2D eigenvalue weighted by molar-refractivity contribution is -0.126. The third-order valence-electron chi connectivity index (χ3n) is 4.50. The fourth-order valence-electron chi connectivity index (χ4n) is 3.37. The molecular weight excluding hydrogens is 276 g/mol. The number of allylic oxidation sites excluding steroid dienone is 1. The van der Waals surface area contributed by atoms with Crippen LogP contribution in [0.1, 0.15) is 41.5 Å². The average molecular weight is 304 g/mol. The minimum atomic E-state index is -0.834. The van der Waals surface area contributed by atoms with E-state index in [0.717, 1.165) is 11.3 Å². The molecule has 2 unspecified atom stereocenters. The van der Waals surface area contributed by atoms with Crippen LogP contribution in [-0.4, -0.2) is 42.7 Å². The molecule has 0 radical (unpaired) electrons. The van der Waals surface area contributed by atoms with Crippen LogP contribution in [0, 0.1) is 16.7 Å². The van der Waals surface area contributed by atoms with Crippen molar-refractivity contribution in [1.82, 2.24) is 5.01 Å². The predicted molar refractivity (Wildman–Crippen MR) is 89.1 cm³/mol. The molecule has 0 saturated carbocycles. The highest BCUT2D eigenvalue weighted by Crippen LogP contribution is 2.51. The molecule has 122 valence electrons. The normalized spacial score (nSPS) is 30.5. The molecule has 2 aliphatic rings. The molecule has 0 aromatic heterocycles. The Kier molecular flexibility index (Phi) is 3.83. The molecule has 0 N–H and O–H groups in total. The average Bonchev–Trinajstić information content (AvgIpc) is 2.76. The van der Waals surface area contributed by atoms with E-state index >= 15 is 0 Å². The highest BCUT2D eigenvalue weighted by molar-refractivity contribution is 6.17. The Morgan fingerprint density at radius 3 is 2.27 bits per heavy atom. The Labute approximate surface area is 133 Å². The summed E-state index contributed by atoms with van der Waals surface area (Å²) in [5.41, 5.74) is 0.312. The molecule has 2 rings (SSSR count). The van der Waals surface area contributed by atoms with Crippen molar-refractivity contribution in [2.24, 2.45) is 32.1 Å². The lowest BCUT2D eigenvalue weighted by Gasteiger charge is -2.45. The third-order valence-corrected chi connectivity index (χ3v) is 4.50. The largest absolute Gasteiger partial charge is 0.303 e. The topological polar surface area (TPSA) is 57.4 Å². The summed E-state index contributed by atoms with van der Waals surface area (Å²) in [6.07, 6.45) is 1.97. The van der Waals surface area contributed by atoms with Gasteiger partial charge in [-0.3, -0.25) is 4.79 Å². The van der Waals surface area contributed by atoms with E-state index in [1.54, 1.807) is 5.01 Å². The molecule has 5 heteroatoms. The lowest BCUT2D eigenvalue weighted by atomic mass is 9.57. The van der Waals surface area contributed by atoms with Crippen molar-refractivity contribution in [3.05, 3.63) is 11.6 Å². The molecule has 0 spiro atoms. The van der Waals surface area contributed by atoms with E-state index < -0.39 is 5.54 Å². The molecule has 2 atom stereocenters. The SMILES string of the molecule is CN(C)N=C1C=C(C(C)(C)C)C(=O)C2(C(C)(C)C)N=NCC12. The Morgan fingerprint density at radius 1 is 1.23 bits per heavy atom. The molecule has 0 aromatic carbocycles. The van der Waals surface area contributed by atoms with Gasteiger partial charge < -0.3 is 5.01 Å². The number of rotatable bonds is 1. The second-order valence-electron chi connectivity index (χ2n) is 8.50. The van der Waals surface area contributed by atoms with E-state index in [-0.39, 0.29) is 22.5 Å². The summed E-state index contributed by atoms with van der Waals surface area (Å²) in [5.74, 6) is 0.0324. The van der Waals surface area contributed by atoms with Crippen LogP contribution >= 0.6 is 0 Å². The van der Waals surface area contributed by atoms with Crippen molar-refractivity contribution >= 4 is 11.5 Å². The van der Waals surface area contributed by atoms with Gasteiger partial charge in [0.25, 0.3) is 0 Å². The van der Waals surface area contributed by atoms with Crippen LogP contribution in [0.3, 0.4) is 0 Å². The van der Waals surface area contributed by atoms with Gasteiger partial charge in [0.1, 0.15) is 0 Å². The monoisotopic (exact) mass is 304 g/mol. The zero-order chi connectivity index (χ0) is 16.9. The van der Waals surface area contributed by atoms with E-state index in [9.17, 15) is 4.79 Å². The molecule has 1 aliphatic carbocycles. The summed E-state index contributed by atoms with van der Waals surface area (Å²) < 4.78 is 0. The molecule has 1 aliphatic heterocycles. The Morgan fingerprint density at radius 2 is 1.82 bits per heavy atom. The maximum absolute atomic E-state index is 13.4. The van der Waals surface area contributed by atoms with Crippen molar-refractivity contribution in [2.45, 2.75) is 47.1 Å². The maximum Gasteiger partial charge on any atom is 0.190 e. The summed E-state index contributed by atoms with van der Waals surface area (Å²) in [6, 6.07) is 0. The molecule has 1 heterocycles. The number of hydrogen-bond donors (Lipinski definition) is 0. The number of nitrogens with zero attached hydrogens (tertiary/aromatic N) is 4. The number of hydrogen-bond acceptors (Lipinski definition) is 5. The van der Waals surface area contributed by atoms with E-state index in [1.807, 2.05) is 20.2 Å². The van der Waals surface area contributed by atoms with Crippen molar-refractivity contribution < 1.29 is 4.79 Å². The highest BCUT2D eigenvalue weighted by Gasteiger charge is 2.61. The number of fused-ring (bicyclic) bond motifs is 1. The Hall–Kier alpha value is -1.52. The Balaban J connectivity index is 2.73. The van der Waals surface area contributed by atoms with Crippen molar-refractivity contribution in [3.63, 3.8) is 0 Å². The molecule has 0 fully saturated rings. The van der Waals surface area contributed by atoms with Crippen LogP contribution in [0.2, 0.25) is 0 Å². The van der Waals surface area contributed by atoms with Gasteiger partial charge in [0.05, 0.1) is 18.2 Å². The zero-order valence-electron chi connectivity index (χ0n) is 15.1. The quantitative estimate of drug-likeness (QED) is 0.698. The van der Waals surface area contributed by atoms with Gasteiger partial charge in [-0.2, -0.15) is 15.3 Å². The first-order valence-corrected chi connectivity index (χ1v) is 7.82. The van der Waals surface area contributed by atoms with E-state index in [0.29, 0.717) is 6.54 Å². The fourth-order valence-corrected chi connectivity index (χ4v) is 3.37. The predicted octanol–water partition coefficient (Wildman–Crippen LogP) is 3.33. The van der Waals surface area contributed by atoms with Gasteiger partial charge in [-0.05, 0) is 16.9 Å². The lowest BCUT2D eigenvalue weighted by Crippen LogP contribution is -2.59. The maximum atomic E-state index is 13.4. The summed E-state index contributed by atoms with van der Waals surface area (Å²) in [6.45, 7) is 12.9. The summed E-state index contributed by atoms with van der Waals surface area (Å²) >= 11 is 0. The van der Waals surface area contributed by atoms with Crippen LogP contribution in [0.25, 0.3) is 0 Å². The number of ketones is 1. The van der Waals surface area contributed by atoms with Crippen molar-refractivity contribution in [2.75, 3.05) is 20.6 Å². The smallest absolute Gasteiger partial charge is 0.190 e. The van der Waals surface area contributed by atoms with Crippen LogP contribution in [-0.2, 0) is 4.79 Å². The van der Waals surface area contributed by atoms with Crippen LogP contribution in [0.5, 0.6) is 0 Å². The van der Waals surface area contributed by atoms with Gasteiger partial charge in [0.2, 0.25) is 0 Å². The van der Waals surface area contributed by atoms with Crippen LogP contribution in [0.15, 0.2) is 27.0 Å². The minimum absolute atomic E-state index is 0.0755. The van der Waals surface area contributed by atoms with Crippen LogP contribution in [0.4, 0.5) is 0 Å². The van der Waals surface area contributed by atoms with Gasteiger partial charge in [-0.25, -0.2) is 0 Å². The zero-order valence-corrected chi connectivity index (χ0v) is 15.1. The number of carbonyl (C=O) groups is 1. The molecule has 0 aromatic rings. The van der Waals surface area contributed by atoms with E-state index in [1.165, 1.54) is 0 Å². The first kappa shape index (κ1) is 16.8. The van der Waals surface area contributed by atoms with Crippen molar-refractivity contribution in [1.29, 1.82) is 0 Å². The Bertz CT molecular complexity index is 572. The number of azo groups is 1. The molecule has 0 saturated heterocycles. The van der Waals surface area contributed by atoms with Gasteiger partial charge in [-0.1, -0.05) is 41.5 Å². The second-order valence-corrected chi connectivity index (χ2v) is 8.50. The van der Waals surface area contributed by atoms with E-state index in [4.69, 9.17) is 0 Å². The summed E-state index contributed by atoms with van der Waals surface area (Å²) in [7, 11) is 3.80. The van der Waals surface area contributed by atoms with Crippen molar-refractivity contribution in [3.8, 4) is 0 Å². The standard InChI is InChI=1S/C17H28N4O/c1-15(2,3)11-9-13(19-21(7)8)12-10-18-20-17(12,14(11)22)16(4,5)6/h9,12H,10H2,1-8H3. The molecule has 0 bridgehead atoms. The van der Waals surface area contributed by atoms with Gasteiger partial charge in [0.15, 0.2) is 11.3 Å². The van der Waals surface area contributed by atoms with Gasteiger partial charge in [0, 0.05) is 19.7 Å². The highest BCUT2D eigenvalue weighted by atomic mass is 16.1. The summed E-state index contributed by atoms with van der Waals surface area (Å²) in [4.78, 5) is 13.4. The number of carbonyl (C=O) groups excluding carboxylic acids is 1. The molecule has 5 nitrogen and oxygen atoms in total. The summed E-state index contributed by atoms with van der Waals surface area (Å²) in [5, 5.41) is 15.2. The fraction of sp³-hybridized carbons (Fsp3) is 0.765. The number of Topliss-reactive ketones (excluding diaryl/α,β-unsaturated/α-hetero) is 1. The first-order valence-electron chi connectivity index (χ1n) is 7.82. The first-order chi connectivity index (χ1) is 9.91. The third kappa shape index (κ3) is 2.40. The molecule has 22 heavy (non-hydrogen) atoms. The molecular formula is C17H28N4O. The molecule has 0 amide bonds. The van der Waals surface area contributed by atoms with E-state index in [2.05, 4.69) is 56.9 Å².